The third-order valence-electron chi connectivity index (χ3n) is 14.3. The van der Waals surface area contributed by atoms with Crippen molar-refractivity contribution in [1.82, 2.24) is 25.1 Å². The summed E-state index contributed by atoms with van der Waals surface area (Å²) in [5, 5.41) is 12.3. The van der Waals surface area contributed by atoms with Gasteiger partial charge in [-0.25, -0.2) is 13.4 Å². The maximum Gasteiger partial charge on any atom is 0.267 e. The summed E-state index contributed by atoms with van der Waals surface area (Å²) in [5.74, 6) is 4.50. The maximum absolute atomic E-state index is 13.7. The summed E-state index contributed by atoms with van der Waals surface area (Å²) in [6.07, 6.45) is 29.9. The molecule has 2 atom stereocenters. The number of H-pyrrole nitrogens is 1. The highest BCUT2D eigenvalue weighted by Gasteiger charge is 2.67. The topological polar surface area (TPSA) is 140 Å². The minimum Gasteiger partial charge on any atom is -0.494 e. The van der Waals surface area contributed by atoms with E-state index in [1.807, 2.05) is 25.2 Å². The lowest BCUT2D eigenvalue weighted by atomic mass is 9.49. The van der Waals surface area contributed by atoms with E-state index >= 15 is 0 Å². The molecule has 2 unspecified atom stereocenters. The Bertz CT molecular complexity index is 2090. The monoisotopic (exact) mass is 862 g/mol. The molecule has 1 amide bonds. The molecular formula is C47H67ClN6O5S. The number of aryl methyl sites for hydroxylation is 1. The van der Waals surface area contributed by atoms with Gasteiger partial charge in [0.15, 0.2) is 11.5 Å². The van der Waals surface area contributed by atoms with Crippen molar-refractivity contribution in [1.29, 1.82) is 0 Å². The summed E-state index contributed by atoms with van der Waals surface area (Å²) < 4.78 is 42.4. The van der Waals surface area contributed by atoms with Gasteiger partial charge in [0, 0.05) is 23.9 Å². The van der Waals surface area contributed by atoms with Gasteiger partial charge in [-0.3, -0.25) is 14.6 Å². The summed E-state index contributed by atoms with van der Waals surface area (Å²) in [5.41, 5.74) is 0.711. The summed E-state index contributed by atoms with van der Waals surface area (Å²) in [6.45, 7) is 4.72. The number of aromatic amines is 1. The van der Waals surface area contributed by atoms with Crippen molar-refractivity contribution >= 4 is 38.9 Å². The Kier molecular flexibility index (Phi) is 13.3. The fraction of sp³-hybridized carbons (Fsp3) is 0.681. The molecular weight excluding hydrogens is 796 g/mol. The number of unbranched alkanes of at least 4 members (excludes halogenated alkanes) is 10. The van der Waals surface area contributed by atoms with Crippen LogP contribution in [0.25, 0.3) is 5.65 Å². The summed E-state index contributed by atoms with van der Waals surface area (Å²) in [6, 6.07) is 6.91. The number of allylic oxidation sites excluding steroid dienone is 1. The van der Waals surface area contributed by atoms with Gasteiger partial charge in [0.25, 0.3) is 5.91 Å². The SMILES string of the molecule is CCCCCCCCCCCCC1(Oc2ccc(NS(=O)(=O)CCCC)cc2)C(=O)NC12C=CC(OCCCc1nc3c(Cl)c(C45CC6CC(CC(C6)C4)C5)[nH]n3n1)=CC2. The second-order valence-electron chi connectivity index (χ2n) is 18.9. The van der Waals surface area contributed by atoms with E-state index in [0.29, 0.717) is 43.7 Å². The number of carbonyl (C=O) groups is 1. The van der Waals surface area contributed by atoms with E-state index in [9.17, 15) is 13.2 Å². The number of halogens is 1. The Morgan fingerprint density at radius 1 is 0.883 bits per heavy atom. The quantitative estimate of drug-likeness (QED) is 0.0602. The normalized spacial score (nSPS) is 27.9. The zero-order valence-electron chi connectivity index (χ0n) is 35.9. The number of β-lactam (4-membered cyclic amide) rings is 1. The Hall–Kier alpha value is -3.51. The van der Waals surface area contributed by atoms with Gasteiger partial charge in [-0.1, -0.05) is 95.7 Å². The molecule has 5 fully saturated rings. The molecule has 11 nitrogen and oxygen atoms in total. The van der Waals surface area contributed by atoms with E-state index in [0.717, 1.165) is 77.8 Å². The van der Waals surface area contributed by atoms with Crippen molar-refractivity contribution in [2.75, 3.05) is 17.1 Å². The number of nitrogens with zero attached hydrogens (tertiary/aromatic N) is 3. The highest BCUT2D eigenvalue weighted by molar-refractivity contribution is 7.92. The first-order chi connectivity index (χ1) is 29.0. The zero-order valence-corrected chi connectivity index (χ0v) is 37.5. The van der Waals surface area contributed by atoms with E-state index in [1.165, 1.54) is 83.5 Å². The van der Waals surface area contributed by atoms with Crippen molar-refractivity contribution in [3.63, 3.8) is 0 Å². The predicted octanol–water partition coefficient (Wildman–Crippen LogP) is 10.5. The average Bonchev–Trinajstić information content (AvgIpc) is 3.78. The lowest BCUT2D eigenvalue weighted by Crippen LogP contribution is -2.83. The van der Waals surface area contributed by atoms with Crippen LogP contribution in [-0.4, -0.2) is 57.6 Å². The second kappa shape index (κ2) is 18.5. The molecule has 328 valence electrons. The summed E-state index contributed by atoms with van der Waals surface area (Å²) in [4.78, 5) is 18.5. The van der Waals surface area contributed by atoms with Crippen LogP contribution in [-0.2, 0) is 31.4 Å². The van der Waals surface area contributed by atoms with Crippen molar-refractivity contribution < 1.29 is 22.7 Å². The summed E-state index contributed by atoms with van der Waals surface area (Å²) >= 11 is 7.04. The van der Waals surface area contributed by atoms with Crippen LogP contribution >= 0.6 is 11.6 Å². The minimum absolute atomic E-state index is 0.0776. The number of hydrogen-bond donors (Lipinski definition) is 3. The van der Waals surface area contributed by atoms with Crippen molar-refractivity contribution in [3.05, 3.63) is 64.8 Å². The number of rotatable bonds is 24. The van der Waals surface area contributed by atoms with Gasteiger partial charge in [0.2, 0.25) is 15.6 Å². The lowest BCUT2D eigenvalue weighted by Gasteiger charge is -2.56. The fourth-order valence-electron chi connectivity index (χ4n) is 11.5. The van der Waals surface area contributed by atoms with Crippen LogP contribution in [0.5, 0.6) is 5.75 Å². The number of anilines is 1. The number of aromatic nitrogens is 4. The van der Waals surface area contributed by atoms with Gasteiger partial charge in [0.05, 0.1) is 18.1 Å². The van der Waals surface area contributed by atoms with Crippen LogP contribution in [0.2, 0.25) is 5.02 Å². The van der Waals surface area contributed by atoms with Crippen LogP contribution in [0.1, 0.15) is 160 Å². The zero-order chi connectivity index (χ0) is 41.8. The Morgan fingerprint density at radius 3 is 2.13 bits per heavy atom. The third-order valence-corrected chi connectivity index (χ3v) is 16.0. The molecule has 1 aliphatic heterocycles. The van der Waals surface area contributed by atoms with Crippen LogP contribution in [0.15, 0.2) is 48.3 Å². The number of sulfonamides is 1. The first kappa shape index (κ1) is 43.2. The Labute approximate surface area is 362 Å². The molecule has 1 spiro atoms. The molecule has 6 aliphatic rings. The molecule has 2 aromatic heterocycles. The van der Waals surface area contributed by atoms with Crippen molar-refractivity contribution in [2.24, 2.45) is 17.8 Å². The molecule has 3 heterocycles. The van der Waals surface area contributed by atoms with Gasteiger partial charge >= 0.3 is 0 Å². The Balaban J connectivity index is 0.862. The number of ether oxygens (including phenoxy) is 2. The third kappa shape index (κ3) is 9.16. The smallest absolute Gasteiger partial charge is 0.267 e. The van der Waals surface area contributed by atoms with Gasteiger partial charge in [-0.15, -0.1) is 5.10 Å². The predicted molar refractivity (Wildman–Crippen MR) is 238 cm³/mol. The largest absolute Gasteiger partial charge is 0.494 e. The molecule has 1 saturated heterocycles. The van der Waals surface area contributed by atoms with E-state index in [4.69, 9.17) is 31.2 Å². The van der Waals surface area contributed by atoms with Gasteiger partial charge in [-0.05, 0) is 118 Å². The lowest BCUT2D eigenvalue weighted by molar-refractivity contribution is -0.166. The first-order valence-corrected chi connectivity index (χ1v) is 25.4. The molecule has 4 bridgehead atoms. The van der Waals surface area contributed by atoms with Crippen molar-refractivity contribution in [3.8, 4) is 5.75 Å². The highest BCUT2D eigenvalue weighted by atomic mass is 35.5. The molecule has 3 aromatic rings. The number of carbonyl (C=O) groups excluding carboxylic acids is 1. The van der Waals surface area contributed by atoms with Gasteiger partial charge in [0.1, 0.15) is 22.1 Å². The average molecular weight is 864 g/mol. The van der Waals surface area contributed by atoms with E-state index in [2.05, 4.69) is 22.1 Å². The number of hydrogen-bond acceptors (Lipinski definition) is 7. The van der Waals surface area contributed by atoms with E-state index < -0.39 is 21.2 Å². The molecule has 1 aromatic carbocycles. The fourth-order valence-corrected chi connectivity index (χ4v) is 13.2. The highest BCUT2D eigenvalue weighted by Crippen LogP contribution is 2.61. The first-order valence-electron chi connectivity index (χ1n) is 23.3. The molecule has 4 saturated carbocycles. The maximum atomic E-state index is 13.7. The van der Waals surface area contributed by atoms with E-state index in [1.54, 1.807) is 28.9 Å². The number of fused-ring (bicyclic) bond motifs is 1. The van der Waals surface area contributed by atoms with Gasteiger partial charge in [-0.2, -0.15) is 4.63 Å². The number of nitrogens with one attached hydrogen (secondary N) is 3. The van der Waals surface area contributed by atoms with E-state index in [-0.39, 0.29) is 17.1 Å². The standard InChI is InChI=1S/C47H67ClN6O5S/c1-3-5-7-8-9-10-11-12-13-14-23-47(59-39-19-17-37(18-20-39)53-60(56,57)27-6-4-2)44(55)50-46(47)24-21-38(22-25-46)58-26-15-16-40-49-43-41(48)42(52-54(43)51-40)45-31-34-28-35(32-45)30-36(29-34)33-45/h17-22,24,34-36,52-53H,3-16,23,25-33H2,1-2H3,(H,50,55). The Morgan fingerprint density at radius 2 is 1.53 bits per heavy atom. The van der Waals surface area contributed by atoms with Crippen LogP contribution in [0.3, 0.4) is 0 Å². The van der Waals surface area contributed by atoms with Crippen LogP contribution in [0, 0.1) is 17.8 Å². The van der Waals surface area contributed by atoms with Crippen molar-refractivity contribution in [2.45, 2.75) is 172 Å². The summed E-state index contributed by atoms with van der Waals surface area (Å²) in [7, 11) is -3.43. The second-order valence-corrected chi connectivity index (χ2v) is 21.2. The van der Waals surface area contributed by atoms with Crippen LogP contribution < -0.4 is 14.8 Å². The van der Waals surface area contributed by atoms with Crippen LogP contribution in [0.4, 0.5) is 5.69 Å². The minimum atomic E-state index is -3.43. The molecule has 13 heteroatoms. The number of benzene rings is 1. The molecule has 60 heavy (non-hydrogen) atoms. The number of amides is 1. The molecule has 3 N–H and O–H groups in total. The van der Waals surface area contributed by atoms with Gasteiger partial charge < -0.3 is 14.8 Å². The molecule has 0 radical (unpaired) electrons. The molecule has 9 rings (SSSR count). The molecule has 5 aliphatic carbocycles.